The van der Waals surface area contributed by atoms with Gasteiger partial charge >= 0.3 is 0 Å². The fraction of sp³-hybridized carbons (Fsp3) is 0.231. The van der Waals surface area contributed by atoms with Crippen LogP contribution < -0.4 is 0 Å². The third-order valence-corrected chi connectivity index (χ3v) is 2.57. The zero-order valence-corrected chi connectivity index (χ0v) is 9.71. The topological polar surface area (TPSA) is 50.8 Å². The first-order valence-electron chi connectivity index (χ1n) is 5.54. The summed E-state index contributed by atoms with van der Waals surface area (Å²) in [6.45, 7) is 0.880. The Morgan fingerprint density at radius 3 is 3.11 bits per heavy atom. The van der Waals surface area contributed by atoms with E-state index in [0.717, 1.165) is 11.3 Å². The van der Waals surface area contributed by atoms with Crippen molar-refractivity contribution in [2.24, 2.45) is 0 Å². The van der Waals surface area contributed by atoms with Crippen LogP contribution in [0.5, 0.6) is 0 Å². The SMILES string of the molecule is N#COCCc1cncn1Cc1cccc(F)c1. The van der Waals surface area contributed by atoms with Gasteiger partial charge in [0, 0.05) is 24.9 Å². The van der Waals surface area contributed by atoms with Gasteiger partial charge in [-0.05, 0) is 17.7 Å². The molecule has 2 aromatic rings. The summed E-state index contributed by atoms with van der Waals surface area (Å²) >= 11 is 0. The minimum atomic E-state index is -0.248. The summed E-state index contributed by atoms with van der Waals surface area (Å²) in [5.41, 5.74) is 1.82. The molecule has 0 fully saturated rings. The van der Waals surface area contributed by atoms with Gasteiger partial charge in [0.15, 0.2) is 0 Å². The van der Waals surface area contributed by atoms with Gasteiger partial charge in [-0.1, -0.05) is 12.1 Å². The van der Waals surface area contributed by atoms with E-state index in [2.05, 4.69) is 9.72 Å². The van der Waals surface area contributed by atoms with Gasteiger partial charge in [0.2, 0.25) is 0 Å². The second kappa shape index (κ2) is 5.82. The Morgan fingerprint density at radius 2 is 2.33 bits per heavy atom. The maximum Gasteiger partial charge on any atom is 0.286 e. The normalized spacial score (nSPS) is 10.0. The van der Waals surface area contributed by atoms with Gasteiger partial charge in [0.05, 0.1) is 6.33 Å². The third-order valence-electron chi connectivity index (χ3n) is 2.57. The Bertz CT molecular complexity index is 559. The number of aromatic nitrogens is 2. The Kier molecular flexibility index (Phi) is 3.92. The number of halogens is 1. The summed E-state index contributed by atoms with van der Waals surface area (Å²) in [6, 6.07) is 6.45. The van der Waals surface area contributed by atoms with Crippen molar-refractivity contribution in [1.29, 1.82) is 5.26 Å². The van der Waals surface area contributed by atoms with Gasteiger partial charge in [-0.15, -0.1) is 0 Å². The van der Waals surface area contributed by atoms with E-state index in [1.807, 2.05) is 10.6 Å². The first-order valence-corrected chi connectivity index (χ1v) is 5.54. The molecule has 0 aliphatic rings. The molecular weight excluding hydrogens is 233 g/mol. The number of hydrogen-bond acceptors (Lipinski definition) is 3. The van der Waals surface area contributed by atoms with E-state index in [1.165, 1.54) is 12.1 Å². The van der Waals surface area contributed by atoms with E-state index in [0.29, 0.717) is 19.6 Å². The lowest BCUT2D eigenvalue weighted by molar-refractivity contribution is 0.272. The van der Waals surface area contributed by atoms with E-state index in [9.17, 15) is 4.39 Å². The van der Waals surface area contributed by atoms with Crippen LogP contribution in [0, 0.1) is 17.3 Å². The molecule has 5 heteroatoms. The lowest BCUT2D eigenvalue weighted by Gasteiger charge is -2.07. The highest BCUT2D eigenvalue weighted by molar-refractivity contribution is 5.17. The molecule has 0 amide bonds. The van der Waals surface area contributed by atoms with E-state index in [-0.39, 0.29) is 5.82 Å². The highest BCUT2D eigenvalue weighted by Gasteiger charge is 2.04. The third kappa shape index (κ3) is 3.08. The van der Waals surface area contributed by atoms with E-state index < -0.39 is 0 Å². The summed E-state index contributed by atoms with van der Waals surface area (Å²) in [4.78, 5) is 4.05. The van der Waals surface area contributed by atoms with Crippen molar-refractivity contribution in [1.82, 2.24) is 9.55 Å². The van der Waals surface area contributed by atoms with Crippen LogP contribution in [0.15, 0.2) is 36.8 Å². The quantitative estimate of drug-likeness (QED) is 0.598. The maximum atomic E-state index is 13.1. The fourth-order valence-corrected chi connectivity index (χ4v) is 1.73. The number of nitrogens with zero attached hydrogens (tertiary/aromatic N) is 3. The molecule has 2 rings (SSSR count). The molecule has 1 aromatic carbocycles. The molecule has 92 valence electrons. The summed E-state index contributed by atoms with van der Waals surface area (Å²) in [6.07, 6.45) is 5.64. The number of rotatable bonds is 5. The average Bonchev–Trinajstić information content (AvgIpc) is 2.77. The van der Waals surface area contributed by atoms with Crippen LogP contribution in [0.3, 0.4) is 0 Å². The van der Waals surface area contributed by atoms with Crippen LogP contribution in [-0.2, 0) is 17.7 Å². The molecule has 18 heavy (non-hydrogen) atoms. The van der Waals surface area contributed by atoms with Crippen LogP contribution in [0.4, 0.5) is 4.39 Å². The van der Waals surface area contributed by atoms with Gasteiger partial charge in [0.1, 0.15) is 12.4 Å². The van der Waals surface area contributed by atoms with Crippen molar-refractivity contribution in [3.8, 4) is 6.26 Å². The van der Waals surface area contributed by atoms with Crippen molar-refractivity contribution in [2.75, 3.05) is 6.61 Å². The molecule has 0 saturated carbocycles. The summed E-state index contributed by atoms with van der Waals surface area (Å²) in [7, 11) is 0. The molecule has 0 atom stereocenters. The smallest absolute Gasteiger partial charge is 0.286 e. The molecule has 0 saturated heterocycles. The molecule has 0 spiro atoms. The zero-order valence-electron chi connectivity index (χ0n) is 9.71. The van der Waals surface area contributed by atoms with Gasteiger partial charge in [0.25, 0.3) is 6.26 Å². The minimum Gasteiger partial charge on any atom is -0.427 e. The summed E-state index contributed by atoms with van der Waals surface area (Å²) < 4.78 is 19.6. The molecule has 1 heterocycles. The van der Waals surface area contributed by atoms with Crippen LogP contribution in [0.1, 0.15) is 11.3 Å². The summed E-state index contributed by atoms with van der Waals surface area (Å²) in [5, 5.41) is 8.29. The fourth-order valence-electron chi connectivity index (χ4n) is 1.73. The lowest BCUT2D eigenvalue weighted by atomic mass is 10.2. The predicted molar refractivity (Wildman–Crippen MR) is 63.0 cm³/mol. The van der Waals surface area contributed by atoms with Crippen LogP contribution in [0.25, 0.3) is 0 Å². The molecule has 1 aromatic heterocycles. The number of ether oxygens (including phenoxy) is 1. The van der Waals surface area contributed by atoms with Crippen molar-refractivity contribution in [3.05, 3.63) is 53.9 Å². The predicted octanol–water partition coefficient (Wildman–Crippen LogP) is 2.11. The molecule has 0 bridgehead atoms. The van der Waals surface area contributed by atoms with Crippen LogP contribution in [-0.4, -0.2) is 16.2 Å². The molecule has 4 nitrogen and oxygen atoms in total. The lowest BCUT2D eigenvalue weighted by Crippen LogP contribution is -2.05. The van der Waals surface area contributed by atoms with Crippen molar-refractivity contribution < 1.29 is 9.13 Å². The van der Waals surface area contributed by atoms with Gasteiger partial charge < -0.3 is 9.30 Å². The Hall–Kier alpha value is -2.35. The average molecular weight is 245 g/mol. The van der Waals surface area contributed by atoms with Gasteiger partial charge in [-0.2, -0.15) is 5.26 Å². The molecule has 0 aliphatic heterocycles. The van der Waals surface area contributed by atoms with Gasteiger partial charge in [-0.3, -0.25) is 0 Å². The highest BCUT2D eigenvalue weighted by Crippen LogP contribution is 2.08. The minimum absolute atomic E-state index is 0.248. The monoisotopic (exact) mass is 245 g/mol. The van der Waals surface area contributed by atoms with E-state index >= 15 is 0 Å². The second-order valence-corrected chi connectivity index (χ2v) is 3.83. The number of nitriles is 1. The largest absolute Gasteiger partial charge is 0.427 e. The molecule has 0 aliphatic carbocycles. The Balaban J connectivity index is 2.05. The van der Waals surface area contributed by atoms with Crippen LogP contribution >= 0.6 is 0 Å². The maximum absolute atomic E-state index is 13.1. The van der Waals surface area contributed by atoms with Crippen molar-refractivity contribution >= 4 is 0 Å². The highest BCUT2D eigenvalue weighted by atomic mass is 19.1. The summed E-state index contributed by atoms with van der Waals surface area (Å²) in [5.74, 6) is -0.248. The number of benzene rings is 1. The zero-order chi connectivity index (χ0) is 12.8. The first kappa shape index (κ1) is 12.1. The molecule has 0 radical (unpaired) electrons. The molecule has 0 unspecified atom stereocenters. The standard InChI is InChI=1S/C13H12FN3O/c14-12-3-1-2-11(6-12)8-17-10-16-7-13(17)4-5-18-9-15/h1-3,6-7,10H,4-5,8H2. The van der Waals surface area contributed by atoms with Crippen molar-refractivity contribution in [3.63, 3.8) is 0 Å². The van der Waals surface area contributed by atoms with Crippen molar-refractivity contribution in [2.45, 2.75) is 13.0 Å². The molecular formula is C13H12FN3O. The first-order chi connectivity index (χ1) is 8.79. The van der Waals surface area contributed by atoms with E-state index in [1.54, 1.807) is 24.8 Å². The van der Waals surface area contributed by atoms with E-state index in [4.69, 9.17) is 5.26 Å². The second-order valence-electron chi connectivity index (χ2n) is 3.83. The van der Waals surface area contributed by atoms with Crippen LogP contribution in [0.2, 0.25) is 0 Å². The van der Waals surface area contributed by atoms with Gasteiger partial charge in [-0.25, -0.2) is 9.37 Å². The molecule has 0 N–H and O–H groups in total. The Morgan fingerprint density at radius 1 is 1.44 bits per heavy atom. The number of imidazole rings is 1. The number of hydrogen-bond donors (Lipinski definition) is 0. The Labute approximate surface area is 104 Å².